The van der Waals surface area contributed by atoms with Crippen LogP contribution in [-0.4, -0.2) is 57.7 Å². The van der Waals surface area contributed by atoms with Gasteiger partial charge in [0.25, 0.3) is 5.56 Å². The van der Waals surface area contributed by atoms with Crippen molar-refractivity contribution in [2.75, 3.05) is 29.5 Å². The van der Waals surface area contributed by atoms with Gasteiger partial charge in [-0.05, 0) is 68.9 Å². The van der Waals surface area contributed by atoms with Crippen LogP contribution in [0.1, 0.15) is 57.4 Å². The fourth-order valence-electron chi connectivity index (χ4n) is 4.73. The van der Waals surface area contributed by atoms with Gasteiger partial charge in [-0.2, -0.15) is 16.9 Å². The van der Waals surface area contributed by atoms with Crippen molar-refractivity contribution in [1.29, 1.82) is 0 Å². The van der Waals surface area contributed by atoms with Crippen LogP contribution in [0.5, 0.6) is 0 Å². The molecule has 0 radical (unpaired) electrons. The number of piperidine rings is 1. The van der Waals surface area contributed by atoms with E-state index in [2.05, 4.69) is 22.0 Å². The van der Waals surface area contributed by atoms with Crippen LogP contribution in [0.4, 0.5) is 5.82 Å². The molecule has 2 aliphatic heterocycles. The van der Waals surface area contributed by atoms with Crippen molar-refractivity contribution in [1.82, 2.24) is 15.1 Å². The predicted octanol–water partition coefficient (Wildman–Crippen LogP) is 2.17. The first-order valence-corrected chi connectivity index (χ1v) is 11.7. The fraction of sp³-hybridized carbons (Fsp3) is 0.800. The third-order valence-electron chi connectivity index (χ3n) is 6.35. The molecule has 3 atom stereocenters. The maximum atomic E-state index is 12.4. The smallest absolute Gasteiger partial charge is 0.267 e. The zero-order valence-electron chi connectivity index (χ0n) is 16.1. The number of aliphatic hydroxyl groups excluding tert-OH is 1. The summed E-state index contributed by atoms with van der Waals surface area (Å²) in [5, 5.41) is 18.7. The van der Waals surface area contributed by atoms with Crippen LogP contribution in [0.25, 0.3) is 0 Å². The first kappa shape index (κ1) is 19.3. The molecule has 2 N–H and O–H groups in total. The molecule has 3 unspecified atom stereocenters. The quantitative estimate of drug-likeness (QED) is 0.800. The van der Waals surface area contributed by atoms with Crippen molar-refractivity contribution in [3.8, 4) is 0 Å². The van der Waals surface area contributed by atoms with Gasteiger partial charge in [0.1, 0.15) is 5.82 Å². The lowest BCUT2D eigenvalue weighted by molar-refractivity contribution is 0.127. The van der Waals surface area contributed by atoms with E-state index < -0.39 is 6.10 Å². The number of nitrogens with one attached hydrogen (secondary N) is 1. The predicted molar refractivity (Wildman–Crippen MR) is 111 cm³/mol. The Morgan fingerprint density at radius 3 is 2.74 bits per heavy atom. The Kier molecular flexibility index (Phi) is 6.40. The van der Waals surface area contributed by atoms with Crippen LogP contribution in [0.3, 0.4) is 0 Å². The average molecular weight is 393 g/mol. The molecule has 2 saturated heterocycles. The van der Waals surface area contributed by atoms with Gasteiger partial charge in [0.05, 0.1) is 12.1 Å². The molecule has 0 aromatic carbocycles. The van der Waals surface area contributed by atoms with Crippen LogP contribution < -0.4 is 15.8 Å². The van der Waals surface area contributed by atoms with E-state index in [-0.39, 0.29) is 11.6 Å². The summed E-state index contributed by atoms with van der Waals surface area (Å²) in [6.07, 6.45) is 8.23. The maximum absolute atomic E-state index is 12.4. The highest BCUT2D eigenvalue weighted by Crippen LogP contribution is 2.29. The van der Waals surface area contributed by atoms with Crippen LogP contribution in [0, 0.1) is 0 Å². The Bertz CT molecular complexity index is 676. The van der Waals surface area contributed by atoms with Gasteiger partial charge in [-0.25, -0.2) is 4.68 Å². The average Bonchev–Trinajstić information content (AvgIpc) is 3.13. The minimum Gasteiger partial charge on any atom is -0.391 e. The number of nitrogens with zero attached hydrogens (tertiary/aromatic N) is 3. The van der Waals surface area contributed by atoms with Crippen molar-refractivity contribution in [3.63, 3.8) is 0 Å². The zero-order chi connectivity index (χ0) is 18.6. The lowest BCUT2D eigenvalue weighted by Crippen LogP contribution is -2.49. The van der Waals surface area contributed by atoms with E-state index in [1.54, 1.807) is 10.7 Å². The highest BCUT2D eigenvalue weighted by molar-refractivity contribution is 7.99. The molecule has 3 heterocycles. The third-order valence-corrected chi connectivity index (χ3v) is 7.40. The summed E-state index contributed by atoms with van der Waals surface area (Å²) < 4.78 is 1.55. The molecule has 1 saturated carbocycles. The van der Waals surface area contributed by atoms with Gasteiger partial charge in [0.15, 0.2) is 0 Å². The fourth-order valence-corrected chi connectivity index (χ4v) is 5.84. The molecule has 0 bridgehead atoms. The summed E-state index contributed by atoms with van der Waals surface area (Å²) in [6, 6.07) is 4.41. The highest BCUT2D eigenvalue weighted by Gasteiger charge is 2.30. The highest BCUT2D eigenvalue weighted by atomic mass is 32.2. The Morgan fingerprint density at radius 1 is 1.11 bits per heavy atom. The number of aliphatic hydroxyl groups is 1. The van der Waals surface area contributed by atoms with Crippen molar-refractivity contribution >= 4 is 17.6 Å². The molecule has 1 aromatic heterocycles. The topological polar surface area (TPSA) is 70.4 Å². The molecule has 0 amide bonds. The Hall–Kier alpha value is -1.05. The molecule has 4 rings (SSSR count). The molecule has 1 aromatic rings. The normalized spacial score (nSPS) is 30.0. The van der Waals surface area contributed by atoms with E-state index in [4.69, 9.17) is 5.10 Å². The summed E-state index contributed by atoms with van der Waals surface area (Å²) in [4.78, 5) is 14.7. The first-order chi connectivity index (χ1) is 13.2. The number of anilines is 1. The minimum absolute atomic E-state index is 0.101. The van der Waals surface area contributed by atoms with Crippen molar-refractivity contribution in [3.05, 3.63) is 22.5 Å². The van der Waals surface area contributed by atoms with E-state index in [9.17, 15) is 9.90 Å². The number of rotatable bonds is 5. The monoisotopic (exact) mass is 392 g/mol. The molecule has 1 aliphatic carbocycles. The van der Waals surface area contributed by atoms with Crippen LogP contribution in [0.15, 0.2) is 16.9 Å². The van der Waals surface area contributed by atoms with E-state index in [1.165, 1.54) is 43.6 Å². The van der Waals surface area contributed by atoms with Gasteiger partial charge < -0.3 is 15.3 Å². The first-order valence-electron chi connectivity index (χ1n) is 10.6. The maximum Gasteiger partial charge on any atom is 0.267 e. The molecular weight excluding hydrogens is 360 g/mol. The number of hydrogen-bond acceptors (Lipinski definition) is 6. The minimum atomic E-state index is -0.451. The second-order valence-corrected chi connectivity index (χ2v) is 9.40. The number of hydrogen-bond donors (Lipinski definition) is 2. The molecule has 150 valence electrons. The Labute approximate surface area is 165 Å². The van der Waals surface area contributed by atoms with Crippen molar-refractivity contribution in [2.24, 2.45) is 0 Å². The molecule has 3 fully saturated rings. The summed E-state index contributed by atoms with van der Waals surface area (Å²) in [5.74, 6) is 3.42. The standard InChI is InChI=1S/C20H32N4O2S/c25-18-6-3-5-17(18)24-20(26)8-7-19(22-24)23-11-2-1-4-16(23)14-21-15-9-12-27-13-10-15/h7-8,15-18,21,25H,1-6,9-14H2. The molecule has 7 heteroatoms. The molecule has 6 nitrogen and oxygen atoms in total. The summed E-state index contributed by atoms with van der Waals surface area (Å²) in [7, 11) is 0. The van der Waals surface area contributed by atoms with Crippen LogP contribution in [0.2, 0.25) is 0 Å². The second kappa shape index (κ2) is 8.97. The summed E-state index contributed by atoms with van der Waals surface area (Å²) in [5.41, 5.74) is -0.101. The lowest BCUT2D eigenvalue weighted by atomic mass is 10.0. The molecule has 27 heavy (non-hydrogen) atoms. The SMILES string of the molecule is O=c1ccc(N2CCCCC2CNC2CCSCC2)nn1C1CCCC1O. The third kappa shape index (κ3) is 4.51. The van der Waals surface area contributed by atoms with Gasteiger partial charge in [0.2, 0.25) is 0 Å². The van der Waals surface area contributed by atoms with Gasteiger partial charge in [-0.1, -0.05) is 0 Å². The second-order valence-electron chi connectivity index (χ2n) is 8.18. The van der Waals surface area contributed by atoms with Gasteiger partial charge in [-0.3, -0.25) is 4.79 Å². The lowest BCUT2D eigenvalue weighted by Gasteiger charge is -2.38. The van der Waals surface area contributed by atoms with Gasteiger partial charge in [-0.15, -0.1) is 0 Å². The van der Waals surface area contributed by atoms with Gasteiger partial charge in [0, 0.05) is 31.2 Å². The van der Waals surface area contributed by atoms with E-state index >= 15 is 0 Å². The number of aromatic nitrogens is 2. The van der Waals surface area contributed by atoms with E-state index in [0.717, 1.165) is 38.2 Å². The van der Waals surface area contributed by atoms with Crippen molar-refractivity contribution < 1.29 is 5.11 Å². The zero-order valence-corrected chi connectivity index (χ0v) is 16.9. The van der Waals surface area contributed by atoms with Crippen LogP contribution >= 0.6 is 11.8 Å². The molecular formula is C20H32N4O2S. The molecule has 3 aliphatic rings. The number of thioether (sulfide) groups is 1. The van der Waals surface area contributed by atoms with Gasteiger partial charge >= 0.3 is 0 Å². The van der Waals surface area contributed by atoms with Crippen LogP contribution in [-0.2, 0) is 0 Å². The Morgan fingerprint density at radius 2 is 1.96 bits per heavy atom. The summed E-state index contributed by atoms with van der Waals surface area (Å²) >= 11 is 2.06. The molecule has 0 spiro atoms. The largest absolute Gasteiger partial charge is 0.391 e. The van der Waals surface area contributed by atoms with E-state index in [0.29, 0.717) is 12.1 Å². The van der Waals surface area contributed by atoms with Crippen molar-refractivity contribution in [2.45, 2.75) is 75.6 Å². The summed E-state index contributed by atoms with van der Waals surface area (Å²) in [6.45, 7) is 1.98. The van der Waals surface area contributed by atoms with E-state index in [1.807, 2.05) is 6.07 Å². The Balaban J connectivity index is 1.48.